The number of nitrogens with zero attached hydrogens (tertiary/aromatic N) is 2. The van der Waals surface area contributed by atoms with E-state index in [4.69, 9.17) is 11.6 Å². The number of nitro benzene ring substituents is 1. The van der Waals surface area contributed by atoms with E-state index in [-0.39, 0.29) is 10.7 Å². The van der Waals surface area contributed by atoms with Gasteiger partial charge in [0.15, 0.2) is 0 Å². The fourth-order valence-corrected chi connectivity index (χ4v) is 1.92. The minimum absolute atomic E-state index is 0.0280. The molecule has 0 radical (unpaired) electrons. The maximum absolute atomic E-state index is 10.8. The molecule has 1 rings (SSSR count). The van der Waals surface area contributed by atoms with Crippen LogP contribution < -0.4 is 0 Å². The van der Waals surface area contributed by atoms with Crippen molar-refractivity contribution in [1.82, 2.24) is 4.90 Å². The van der Waals surface area contributed by atoms with Crippen LogP contribution in [0.3, 0.4) is 0 Å². The number of hydrogen-bond acceptors (Lipinski definition) is 3. The summed E-state index contributed by atoms with van der Waals surface area (Å²) in [4.78, 5) is 12.5. The average molecular weight is 271 g/mol. The Kier molecular flexibility index (Phi) is 5.11. The number of halogens is 1. The van der Waals surface area contributed by atoms with Gasteiger partial charge in [-0.1, -0.05) is 31.5 Å². The highest BCUT2D eigenvalue weighted by atomic mass is 35.5. The fourth-order valence-electron chi connectivity index (χ4n) is 1.74. The third kappa shape index (κ3) is 3.68. The molecule has 0 bridgehead atoms. The smallest absolute Gasteiger partial charge is 0.288 e. The molecule has 5 heteroatoms. The van der Waals surface area contributed by atoms with Crippen molar-refractivity contribution in [3.05, 3.63) is 38.9 Å². The zero-order chi connectivity index (χ0) is 13.9. The molecule has 1 aromatic carbocycles. The first-order valence-electron chi connectivity index (χ1n) is 5.96. The summed E-state index contributed by atoms with van der Waals surface area (Å²) < 4.78 is 0. The van der Waals surface area contributed by atoms with Crippen LogP contribution in [0.15, 0.2) is 18.2 Å². The second kappa shape index (κ2) is 6.16. The van der Waals surface area contributed by atoms with E-state index < -0.39 is 4.92 Å². The molecule has 0 fully saturated rings. The Labute approximate surface area is 113 Å². The van der Waals surface area contributed by atoms with Crippen LogP contribution in [-0.4, -0.2) is 22.9 Å². The van der Waals surface area contributed by atoms with Crippen LogP contribution in [0.2, 0.25) is 5.02 Å². The normalized spacial score (nSPS) is 13.1. The van der Waals surface area contributed by atoms with E-state index in [2.05, 4.69) is 25.7 Å². The maximum Gasteiger partial charge on any atom is 0.288 e. The van der Waals surface area contributed by atoms with Crippen LogP contribution in [-0.2, 0) is 6.54 Å². The van der Waals surface area contributed by atoms with E-state index in [1.54, 1.807) is 12.1 Å². The molecule has 0 heterocycles. The highest BCUT2D eigenvalue weighted by Gasteiger charge is 2.16. The average Bonchev–Trinajstić information content (AvgIpc) is 2.29. The lowest BCUT2D eigenvalue weighted by Gasteiger charge is -2.27. The maximum atomic E-state index is 10.8. The van der Waals surface area contributed by atoms with Crippen LogP contribution >= 0.6 is 11.6 Å². The quantitative estimate of drug-likeness (QED) is 0.605. The molecule has 1 atom stereocenters. The summed E-state index contributed by atoms with van der Waals surface area (Å²) in [5, 5.41) is 11.0. The van der Waals surface area contributed by atoms with Gasteiger partial charge in [-0.15, -0.1) is 0 Å². The first-order valence-corrected chi connectivity index (χ1v) is 6.33. The van der Waals surface area contributed by atoms with Crippen molar-refractivity contribution in [1.29, 1.82) is 0 Å². The molecule has 18 heavy (non-hydrogen) atoms. The third-order valence-electron chi connectivity index (χ3n) is 3.30. The molecule has 0 amide bonds. The molecule has 0 aliphatic rings. The molecule has 1 aromatic rings. The summed E-state index contributed by atoms with van der Waals surface area (Å²) >= 11 is 5.79. The van der Waals surface area contributed by atoms with E-state index >= 15 is 0 Å². The highest BCUT2D eigenvalue weighted by Crippen LogP contribution is 2.26. The molecule has 0 aliphatic heterocycles. The van der Waals surface area contributed by atoms with Crippen LogP contribution in [0.25, 0.3) is 0 Å². The molecule has 0 saturated carbocycles. The second-order valence-electron chi connectivity index (χ2n) is 4.94. The van der Waals surface area contributed by atoms with E-state index in [1.165, 1.54) is 0 Å². The summed E-state index contributed by atoms with van der Waals surface area (Å²) in [5.74, 6) is 0.539. The van der Waals surface area contributed by atoms with Gasteiger partial charge in [-0.25, -0.2) is 0 Å². The number of benzene rings is 1. The van der Waals surface area contributed by atoms with Crippen LogP contribution in [0.1, 0.15) is 26.3 Å². The Morgan fingerprint density at radius 1 is 1.39 bits per heavy atom. The SMILES string of the molecule is CC(C)C(C)N(C)Cc1ccc(Cl)c([N+](=O)[O-])c1. The summed E-state index contributed by atoms with van der Waals surface area (Å²) in [7, 11) is 2.02. The highest BCUT2D eigenvalue weighted by molar-refractivity contribution is 6.32. The summed E-state index contributed by atoms with van der Waals surface area (Å²) in [5.41, 5.74) is 0.876. The predicted molar refractivity (Wildman–Crippen MR) is 73.9 cm³/mol. The van der Waals surface area contributed by atoms with Crippen LogP contribution in [0.5, 0.6) is 0 Å². The van der Waals surface area contributed by atoms with Crippen molar-refractivity contribution in [3.8, 4) is 0 Å². The van der Waals surface area contributed by atoms with E-state index in [0.29, 0.717) is 18.5 Å². The van der Waals surface area contributed by atoms with Crippen molar-refractivity contribution in [2.45, 2.75) is 33.4 Å². The predicted octanol–water partition coefficient (Wildman–Crippen LogP) is 3.72. The zero-order valence-corrected chi connectivity index (χ0v) is 11.9. The first-order chi connectivity index (χ1) is 8.32. The summed E-state index contributed by atoms with van der Waals surface area (Å²) in [6.07, 6.45) is 0. The van der Waals surface area contributed by atoms with E-state index in [0.717, 1.165) is 5.56 Å². The lowest BCUT2D eigenvalue weighted by Crippen LogP contribution is -2.32. The number of hydrogen-bond donors (Lipinski definition) is 0. The second-order valence-corrected chi connectivity index (χ2v) is 5.35. The van der Waals surface area contributed by atoms with Gasteiger partial charge in [0.05, 0.1) is 4.92 Å². The molecular formula is C13H19ClN2O2. The van der Waals surface area contributed by atoms with E-state index in [1.807, 2.05) is 13.1 Å². The molecule has 1 unspecified atom stereocenters. The first kappa shape index (κ1) is 14.9. The standard InChI is InChI=1S/C13H19ClN2O2/c1-9(2)10(3)15(4)8-11-5-6-12(14)13(7-11)16(17)18/h5-7,9-10H,8H2,1-4H3. The third-order valence-corrected chi connectivity index (χ3v) is 3.62. The summed E-state index contributed by atoms with van der Waals surface area (Å²) in [6, 6.07) is 5.38. The minimum Gasteiger partial charge on any atom is -0.299 e. The Hall–Kier alpha value is -1.13. The van der Waals surface area contributed by atoms with E-state index in [9.17, 15) is 10.1 Å². The van der Waals surface area contributed by atoms with Gasteiger partial charge in [-0.05, 0) is 31.5 Å². The molecule has 0 saturated heterocycles. The van der Waals surface area contributed by atoms with Gasteiger partial charge in [-0.2, -0.15) is 0 Å². The van der Waals surface area contributed by atoms with Gasteiger partial charge < -0.3 is 0 Å². The Morgan fingerprint density at radius 3 is 2.50 bits per heavy atom. The van der Waals surface area contributed by atoms with Gasteiger partial charge in [-0.3, -0.25) is 15.0 Å². The van der Waals surface area contributed by atoms with Crippen molar-refractivity contribution >= 4 is 17.3 Å². The van der Waals surface area contributed by atoms with Crippen molar-refractivity contribution in [2.75, 3.05) is 7.05 Å². The lowest BCUT2D eigenvalue weighted by atomic mass is 10.0. The number of nitro groups is 1. The van der Waals surface area contributed by atoms with Gasteiger partial charge in [0, 0.05) is 18.7 Å². The molecular weight excluding hydrogens is 252 g/mol. The molecule has 4 nitrogen and oxygen atoms in total. The van der Waals surface area contributed by atoms with Crippen molar-refractivity contribution in [3.63, 3.8) is 0 Å². The van der Waals surface area contributed by atoms with Crippen LogP contribution in [0, 0.1) is 16.0 Å². The Balaban J connectivity index is 2.86. The number of rotatable bonds is 5. The Bertz CT molecular complexity index is 435. The lowest BCUT2D eigenvalue weighted by molar-refractivity contribution is -0.384. The van der Waals surface area contributed by atoms with Crippen LogP contribution in [0.4, 0.5) is 5.69 Å². The topological polar surface area (TPSA) is 46.4 Å². The van der Waals surface area contributed by atoms with Gasteiger partial charge in [0.1, 0.15) is 5.02 Å². The fraction of sp³-hybridized carbons (Fsp3) is 0.538. The Morgan fingerprint density at radius 2 is 2.00 bits per heavy atom. The molecule has 100 valence electrons. The minimum atomic E-state index is -0.447. The van der Waals surface area contributed by atoms with Crippen molar-refractivity contribution < 1.29 is 4.92 Å². The zero-order valence-electron chi connectivity index (χ0n) is 11.2. The van der Waals surface area contributed by atoms with Crippen molar-refractivity contribution in [2.24, 2.45) is 5.92 Å². The molecule has 0 N–H and O–H groups in total. The largest absolute Gasteiger partial charge is 0.299 e. The van der Waals surface area contributed by atoms with Gasteiger partial charge in [0.2, 0.25) is 0 Å². The summed E-state index contributed by atoms with van der Waals surface area (Å²) in [6.45, 7) is 7.14. The van der Waals surface area contributed by atoms with Gasteiger partial charge >= 0.3 is 0 Å². The molecule has 0 aromatic heterocycles. The van der Waals surface area contributed by atoms with Gasteiger partial charge in [0.25, 0.3) is 5.69 Å². The monoisotopic (exact) mass is 270 g/mol. The molecule has 0 aliphatic carbocycles. The molecule has 0 spiro atoms.